The monoisotopic (exact) mass is 396 g/mol. The van der Waals surface area contributed by atoms with E-state index in [1.165, 1.54) is 16.8 Å². The summed E-state index contributed by atoms with van der Waals surface area (Å²) in [6.45, 7) is -2.90. The minimum atomic E-state index is -2.90. The first-order valence-corrected chi connectivity index (χ1v) is 8.58. The summed E-state index contributed by atoms with van der Waals surface area (Å²) in [7, 11) is 0. The van der Waals surface area contributed by atoms with Crippen molar-refractivity contribution in [2.75, 3.05) is 0 Å². The molecular weight excluding hydrogens is 382 g/mol. The van der Waals surface area contributed by atoms with Gasteiger partial charge in [0.2, 0.25) is 0 Å². The Kier molecular flexibility index (Phi) is 5.10. The van der Waals surface area contributed by atoms with Gasteiger partial charge in [-0.1, -0.05) is 30.3 Å². The molecule has 1 heterocycles. The third kappa shape index (κ3) is 3.88. The fourth-order valence-corrected chi connectivity index (χ4v) is 2.93. The van der Waals surface area contributed by atoms with Crippen molar-refractivity contribution >= 4 is 17.1 Å². The van der Waals surface area contributed by atoms with Gasteiger partial charge in [-0.15, -0.1) is 5.10 Å². The average Bonchev–Trinajstić information content (AvgIpc) is 3.20. The van der Waals surface area contributed by atoms with Gasteiger partial charge in [0.15, 0.2) is 12.1 Å². The molecule has 1 aromatic heterocycles. The Bertz CT molecular complexity index is 1150. The molecule has 7 nitrogen and oxygen atoms in total. The quantitative estimate of drug-likeness (QED) is 0.442. The topological polar surface area (TPSA) is 79.1 Å². The number of hydrogen-bond acceptors (Lipinski definition) is 6. The molecule has 0 amide bonds. The average molecular weight is 396 g/mol. The molecule has 9 heteroatoms. The molecule has 0 spiro atoms. The van der Waals surface area contributed by atoms with Gasteiger partial charge < -0.3 is 9.47 Å². The number of tetrazole rings is 1. The second-order valence-corrected chi connectivity index (χ2v) is 5.98. The van der Waals surface area contributed by atoms with E-state index in [-0.39, 0.29) is 12.4 Å². The number of halogens is 2. The Morgan fingerprint density at radius 2 is 1.83 bits per heavy atom. The fraction of sp³-hybridized carbons (Fsp3) is 0.100. The highest BCUT2D eigenvalue weighted by atomic mass is 19.3. The van der Waals surface area contributed by atoms with Gasteiger partial charge in [-0.3, -0.25) is 4.79 Å². The molecule has 0 saturated heterocycles. The van der Waals surface area contributed by atoms with Crippen LogP contribution >= 0.6 is 0 Å². The zero-order valence-corrected chi connectivity index (χ0v) is 14.9. The third-order valence-corrected chi connectivity index (χ3v) is 4.25. The summed E-state index contributed by atoms with van der Waals surface area (Å²) in [4.78, 5) is 11.6. The number of alkyl halides is 2. The predicted octanol–water partition coefficient (Wildman–Crippen LogP) is 3.81. The van der Waals surface area contributed by atoms with Crippen LogP contribution in [0.5, 0.6) is 11.5 Å². The molecule has 0 bridgehead atoms. The van der Waals surface area contributed by atoms with Crippen LogP contribution in [-0.2, 0) is 6.61 Å². The van der Waals surface area contributed by atoms with Gasteiger partial charge in [-0.05, 0) is 51.5 Å². The minimum Gasteiger partial charge on any atom is -0.485 e. The minimum absolute atomic E-state index is 0.00145. The summed E-state index contributed by atoms with van der Waals surface area (Å²) in [5.74, 6) is 0.813. The maximum Gasteiger partial charge on any atom is 0.387 e. The van der Waals surface area contributed by atoms with Gasteiger partial charge in [-0.25, -0.2) is 0 Å². The lowest BCUT2D eigenvalue weighted by Gasteiger charge is -2.11. The Hall–Kier alpha value is -3.88. The third-order valence-electron chi connectivity index (χ3n) is 4.25. The number of carbonyl (C=O) groups excluding carboxylic acids is 1. The van der Waals surface area contributed by atoms with Crippen molar-refractivity contribution in [3.05, 3.63) is 72.1 Å². The summed E-state index contributed by atoms with van der Waals surface area (Å²) in [6, 6.07) is 17.0. The first kappa shape index (κ1) is 18.5. The van der Waals surface area contributed by atoms with E-state index in [1.54, 1.807) is 18.2 Å². The molecule has 3 aromatic carbocycles. The molecule has 0 unspecified atom stereocenters. The Labute approximate surface area is 163 Å². The molecule has 4 rings (SSSR count). The van der Waals surface area contributed by atoms with Gasteiger partial charge in [-0.2, -0.15) is 13.5 Å². The SMILES string of the molecule is O=Cc1c(OCc2nnnn2-c2ccc(OC(F)F)cc2)ccc2ccccc12. The van der Waals surface area contributed by atoms with E-state index in [0.29, 0.717) is 22.8 Å². The zero-order valence-electron chi connectivity index (χ0n) is 14.9. The van der Waals surface area contributed by atoms with Crippen molar-refractivity contribution in [3.63, 3.8) is 0 Å². The van der Waals surface area contributed by atoms with Crippen LogP contribution < -0.4 is 9.47 Å². The number of hydrogen-bond donors (Lipinski definition) is 0. The van der Waals surface area contributed by atoms with Crippen molar-refractivity contribution in [2.45, 2.75) is 13.2 Å². The van der Waals surface area contributed by atoms with Crippen LogP contribution in [0.3, 0.4) is 0 Å². The smallest absolute Gasteiger partial charge is 0.387 e. The molecule has 0 fully saturated rings. The van der Waals surface area contributed by atoms with Crippen LogP contribution in [0.15, 0.2) is 60.7 Å². The van der Waals surface area contributed by atoms with E-state index < -0.39 is 6.61 Å². The number of carbonyl (C=O) groups is 1. The maximum absolute atomic E-state index is 12.3. The van der Waals surface area contributed by atoms with Crippen molar-refractivity contribution < 1.29 is 23.0 Å². The van der Waals surface area contributed by atoms with Gasteiger partial charge in [0.05, 0.1) is 11.3 Å². The molecule has 29 heavy (non-hydrogen) atoms. The number of ether oxygens (including phenoxy) is 2. The highest BCUT2D eigenvalue weighted by Crippen LogP contribution is 2.27. The Morgan fingerprint density at radius 1 is 1.03 bits per heavy atom. The van der Waals surface area contributed by atoms with Gasteiger partial charge in [0.25, 0.3) is 0 Å². The number of nitrogens with zero attached hydrogens (tertiary/aromatic N) is 4. The van der Waals surface area contributed by atoms with Crippen LogP contribution in [-0.4, -0.2) is 33.1 Å². The lowest BCUT2D eigenvalue weighted by molar-refractivity contribution is -0.0498. The molecule has 0 aliphatic heterocycles. The largest absolute Gasteiger partial charge is 0.485 e. The van der Waals surface area contributed by atoms with E-state index >= 15 is 0 Å². The highest BCUT2D eigenvalue weighted by molar-refractivity contribution is 6.00. The number of benzene rings is 3. The predicted molar refractivity (Wildman–Crippen MR) is 99.5 cm³/mol. The van der Waals surface area contributed by atoms with E-state index in [2.05, 4.69) is 20.3 Å². The fourth-order valence-electron chi connectivity index (χ4n) is 2.93. The van der Waals surface area contributed by atoms with Crippen LogP contribution in [0.1, 0.15) is 16.2 Å². The van der Waals surface area contributed by atoms with Crippen LogP contribution in [0.4, 0.5) is 8.78 Å². The lowest BCUT2D eigenvalue weighted by Crippen LogP contribution is -2.08. The van der Waals surface area contributed by atoms with E-state index in [9.17, 15) is 13.6 Å². The van der Waals surface area contributed by atoms with Gasteiger partial charge >= 0.3 is 6.61 Å². The molecule has 0 aliphatic carbocycles. The Balaban J connectivity index is 1.56. The normalized spacial score (nSPS) is 11.0. The standard InChI is InChI=1S/C20H14F2N4O3/c21-20(22)29-15-8-6-14(7-9-15)26-19(23-24-25-26)12-28-18-10-5-13-3-1-2-4-16(13)17(18)11-27/h1-11,20H,12H2. The van der Waals surface area contributed by atoms with Crippen molar-refractivity contribution in [1.29, 1.82) is 0 Å². The van der Waals surface area contributed by atoms with Crippen LogP contribution in [0.25, 0.3) is 16.5 Å². The second-order valence-electron chi connectivity index (χ2n) is 5.98. The summed E-state index contributed by atoms with van der Waals surface area (Å²) in [5.41, 5.74) is 0.986. The molecule has 0 saturated carbocycles. The zero-order chi connectivity index (χ0) is 20.2. The molecule has 0 radical (unpaired) electrons. The van der Waals surface area contributed by atoms with E-state index in [4.69, 9.17) is 4.74 Å². The molecule has 146 valence electrons. The molecule has 0 N–H and O–H groups in total. The number of aromatic nitrogens is 4. The van der Waals surface area contributed by atoms with Crippen LogP contribution in [0.2, 0.25) is 0 Å². The number of fused-ring (bicyclic) bond motifs is 1. The Morgan fingerprint density at radius 3 is 2.59 bits per heavy atom. The van der Waals surface area contributed by atoms with Gasteiger partial charge in [0.1, 0.15) is 18.1 Å². The summed E-state index contributed by atoms with van der Waals surface area (Å²) in [6.07, 6.45) is 0.752. The van der Waals surface area contributed by atoms with E-state index in [1.807, 2.05) is 30.3 Å². The van der Waals surface area contributed by atoms with E-state index in [0.717, 1.165) is 17.1 Å². The lowest BCUT2D eigenvalue weighted by atomic mass is 10.0. The maximum atomic E-state index is 12.3. The van der Waals surface area contributed by atoms with Crippen LogP contribution in [0, 0.1) is 0 Å². The summed E-state index contributed by atoms with van der Waals surface area (Å²) in [5, 5.41) is 13.2. The molecule has 4 aromatic rings. The first-order chi connectivity index (χ1) is 14.2. The van der Waals surface area contributed by atoms with Gasteiger partial charge in [0, 0.05) is 0 Å². The highest BCUT2D eigenvalue weighted by Gasteiger charge is 2.13. The summed E-state index contributed by atoms with van der Waals surface area (Å²) < 4.78 is 36.1. The van der Waals surface area contributed by atoms with Crippen molar-refractivity contribution in [3.8, 4) is 17.2 Å². The molecule has 0 aliphatic rings. The van der Waals surface area contributed by atoms with Crippen molar-refractivity contribution in [2.24, 2.45) is 0 Å². The number of rotatable bonds is 7. The molecule has 0 atom stereocenters. The summed E-state index contributed by atoms with van der Waals surface area (Å²) >= 11 is 0. The molecular formula is C20H14F2N4O3. The van der Waals surface area contributed by atoms with Crippen molar-refractivity contribution in [1.82, 2.24) is 20.2 Å². The number of aldehydes is 1. The first-order valence-electron chi connectivity index (χ1n) is 8.58. The second kappa shape index (κ2) is 8.01.